The number of H-pyrrole nitrogens is 1. The van der Waals surface area contributed by atoms with Gasteiger partial charge in [-0.1, -0.05) is 77.6 Å². The van der Waals surface area contributed by atoms with Gasteiger partial charge in [-0.2, -0.15) is 0 Å². The number of alkyl carbamates (subject to hydrolysis) is 2. The molecule has 3 aromatic rings. The molecule has 1 aromatic heterocycles. The number of nitrogens with zero attached hydrogens (tertiary/aromatic N) is 2. The topological polar surface area (TPSA) is 118 Å². The molecule has 4 rings (SSSR count). The molecule has 0 radical (unpaired) electrons. The average molecular weight is 680 g/mol. The molecule has 0 spiro atoms. The third kappa shape index (κ3) is 10.8. The maximum absolute atomic E-state index is 12.6. The Morgan fingerprint density at radius 2 is 1.16 bits per heavy atom. The molecule has 2 amide bonds. The van der Waals surface area contributed by atoms with E-state index in [0.717, 1.165) is 39.2 Å². The summed E-state index contributed by atoms with van der Waals surface area (Å²) < 4.78 is 11.0. The van der Waals surface area contributed by atoms with E-state index in [4.69, 9.17) is 14.5 Å². The van der Waals surface area contributed by atoms with Gasteiger partial charge in [-0.05, 0) is 93.3 Å². The van der Waals surface area contributed by atoms with Gasteiger partial charge in [-0.15, -0.1) is 0 Å². The number of nitrogens with one attached hydrogen (secondary N) is 3. The van der Waals surface area contributed by atoms with Crippen LogP contribution in [0.2, 0.25) is 0 Å². The molecule has 0 saturated heterocycles. The Balaban J connectivity index is 1.39. The Labute approximate surface area is 297 Å². The first-order valence-corrected chi connectivity index (χ1v) is 17.1. The lowest BCUT2D eigenvalue weighted by atomic mass is 9.82. The molecule has 0 fully saturated rings. The van der Waals surface area contributed by atoms with Crippen LogP contribution in [0.5, 0.6) is 0 Å². The first-order chi connectivity index (χ1) is 23.1. The molecule has 50 heavy (non-hydrogen) atoms. The highest BCUT2D eigenvalue weighted by molar-refractivity contribution is 6.03. The molecule has 9 heteroatoms. The summed E-state index contributed by atoms with van der Waals surface area (Å²) >= 11 is 0. The molecule has 266 valence electrons. The van der Waals surface area contributed by atoms with Gasteiger partial charge in [0.15, 0.2) is 0 Å². The van der Waals surface area contributed by atoms with Crippen LogP contribution in [0.4, 0.5) is 9.59 Å². The van der Waals surface area contributed by atoms with Crippen molar-refractivity contribution in [3.8, 4) is 23.1 Å². The number of carbonyl (C=O) groups is 2. The summed E-state index contributed by atoms with van der Waals surface area (Å²) in [7, 11) is 0. The number of carbonyl (C=O) groups excluding carboxylic acids is 2. The van der Waals surface area contributed by atoms with Gasteiger partial charge in [-0.25, -0.2) is 14.6 Å². The Bertz CT molecular complexity index is 1790. The van der Waals surface area contributed by atoms with E-state index >= 15 is 0 Å². The van der Waals surface area contributed by atoms with E-state index in [9.17, 15) is 9.59 Å². The number of rotatable bonds is 6. The normalized spacial score (nSPS) is 14.8. The van der Waals surface area contributed by atoms with Gasteiger partial charge in [0.25, 0.3) is 0 Å². The molecule has 2 heterocycles. The van der Waals surface area contributed by atoms with Crippen molar-refractivity contribution in [1.29, 1.82) is 0 Å². The average Bonchev–Trinajstić information content (AvgIpc) is 3.66. The van der Waals surface area contributed by atoms with Crippen LogP contribution in [0.1, 0.15) is 118 Å². The first kappa shape index (κ1) is 38.0. The summed E-state index contributed by atoms with van der Waals surface area (Å²) in [5.41, 5.74) is 4.95. The van der Waals surface area contributed by atoms with Crippen LogP contribution in [0, 0.1) is 22.7 Å². The minimum absolute atomic E-state index is 0.242. The van der Waals surface area contributed by atoms with Crippen molar-refractivity contribution in [3.63, 3.8) is 0 Å². The smallest absolute Gasteiger partial charge is 0.408 e. The molecule has 3 N–H and O–H groups in total. The molecule has 1 aliphatic heterocycles. The van der Waals surface area contributed by atoms with E-state index in [1.807, 2.05) is 105 Å². The fourth-order valence-corrected chi connectivity index (χ4v) is 5.42. The molecule has 0 saturated carbocycles. The zero-order chi connectivity index (χ0) is 37.1. The number of imidazole rings is 1. The SMILES string of the molecule is CC(C)(C)OC(=O)N[C@H](C1=NC=C(c2ccc(C#Cc3ccc(-c4cnc([C@@H](NC(=O)OC(C)(C)C)C(C)(C)C)[nH]4)cc3)cc2)C1)C(C)(C)C. The third-order valence-electron chi connectivity index (χ3n) is 7.82. The van der Waals surface area contributed by atoms with Gasteiger partial charge < -0.3 is 25.1 Å². The highest BCUT2D eigenvalue weighted by Gasteiger charge is 2.34. The van der Waals surface area contributed by atoms with E-state index in [-0.39, 0.29) is 22.9 Å². The summed E-state index contributed by atoms with van der Waals surface area (Å²) in [6.07, 6.45) is 3.38. The monoisotopic (exact) mass is 679 g/mol. The lowest BCUT2D eigenvalue weighted by molar-refractivity contribution is 0.0455. The summed E-state index contributed by atoms with van der Waals surface area (Å²) in [4.78, 5) is 37.8. The molecule has 1 aliphatic rings. The second-order valence-electron chi connectivity index (χ2n) is 16.9. The largest absolute Gasteiger partial charge is 0.444 e. The van der Waals surface area contributed by atoms with Crippen molar-refractivity contribution in [2.24, 2.45) is 15.8 Å². The quantitative estimate of drug-likeness (QED) is 0.225. The Morgan fingerprint density at radius 3 is 1.62 bits per heavy atom. The number of allylic oxidation sites excluding steroid dienone is 1. The molecular formula is C41H53N5O4. The van der Waals surface area contributed by atoms with Crippen molar-refractivity contribution >= 4 is 23.5 Å². The maximum Gasteiger partial charge on any atom is 0.408 e. The van der Waals surface area contributed by atoms with Gasteiger partial charge in [-0.3, -0.25) is 4.99 Å². The van der Waals surface area contributed by atoms with E-state index in [2.05, 4.69) is 65.3 Å². The van der Waals surface area contributed by atoms with Gasteiger partial charge >= 0.3 is 12.2 Å². The standard InChI is InChI=1S/C41H53N5O4/c1-38(2,3)33(45-36(47)49-40(7,8)9)31-23-30(24-42-31)28-19-15-26(16-20-28)13-14-27-17-21-29(22-18-27)32-25-43-35(44-32)34(39(4,5)6)46-37(48)50-41(10,11)12/h15-22,24-25,33-34H,23H2,1-12H3,(H,43,44)(H,45,47)(H,46,48)/t33-,34-/m1/s1. The summed E-state index contributed by atoms with van der Waals surface area (Å²) in [5.74, 6) is 7.18. The van der Waals surface area contributed by atoms with Crippen molar-refractivity contribution in [1.82, 2.24) is 20.6 Å². The van der Waals surface area contributed by atoms with E-state index < -0.39 is 23.4 Å². The second kappa shape index (κ2) is 14.6. The van der Waals surface area contributed by atoms with Crippen molar-refractivity contribution in [2.75, 3.05) is 0 Å². The zero-order valence-electron chi connectivity index (χ0n) is 31.7. The molecule has 9 nitrogen and oxygen atoms in total. The summed E-state index contributed by atoms with van der Waals surface area (Å²) in [6, 6.07) is 15.5. The lowest BCUT2D eigenvalue weighted by Crippen LogP contribution is -2.50. The van der Waals surface area contributed by atoms with Crippen molar-refractivity contribution in [2.45, 2.75) is 113 Å². The minimum atomic E-state index is -0.594. The van der Waals surface area contributed by atoms with E-state index in [0.29, 0.717) is 12.2 Å². The van der Waals surface area contributed by atoms with Crippen LogP contribution in [0.25, 0.3) is 16.8 Å². The second-order valence-corrected chi connectivity index (χ2v) is 16.9. The predicted octanol–water partition coefficient (Wildman–Crippen LogP) is 9.21. The highest BCUT2D eigenvalue weighted by atomic mass is 16.6. The third-order valence-corrected chi connectivity index (χ3v) is 7.82. The summed E-state index contributed by atoms with van der Waals surface area (Å²) in [5, 5.41) is 6.02. The molecule has 0 aliphatic carbocycles. The molecule has 0 bridgehead atoms. The van der Waals surface area contributed by atoms with Crippen LogP contribution in [-0.4, -0.2) is 45.1 Å². The molecule has 0 unspecified atom stereocenters. The number of hydrogen-bond acceptors (Lipinski definition) is 6. The lowest BCUT2D eigenvalue weighted by Gasteiger charge is -2.32. The number of ether oxygens (including phenoxy) is 2. The van der Waals surface area contributed by atoms with Gasteiger partial charge in [0.1, 0.15) is 17.0 Å². The summed E-state index contributed by atoms with van der Waals surface area (Å²) in [6.45, 7) is 23.5. The van der Waals surface area contributed by atoms with Crippen LogP contribution >= 0.6 is 0 Å². The van der Waals surface area contributed by atoms with E-state index in [1.165, 1.54) is 0 Å². The number of aliphatic imine (C=N–C) groups is 1. The van der Waals surface area contributed by atoms with Crippen LogP contribution < -0.4 is 10.6 Å². The van der Waals surface area contributed by atoms with Crippen molar-refractivity contribution in [3.05, 3.63) is 83.4 Å². The fraction of sp³-hybridized carbons (Fsp3) is 0.463. The zero-order valence-corrected chi connectivity index (χ0v) is 31.7. The minimum Gasteiger partial charge on any atom is -0.444 e. The number of aromatic amines is 1. The van der Waals surface area contributed by atoms with Gasteiger partial charge in [0, 0.05) is 29.5 Å². The molecule has 2 aromatic carbocycles. The Kier molecular flexibility index (Phi) is 11.1. The van der Waals surface area contributed by atoms with Crippen LogP contribution in [-0.2, 0) is 9.47 Å². The molecule has 2 atom stereocenters. The Hall–Kier alpha value is -4.84. The maximum atomic E-state index is 12.6. The molecular weight excluding hydrogens is 626 g/mol. The first-order valence-electron chi connectivity index (χ1n) is 17.1. The van der Waals surface area contributed by atoms with Crippen molar-refractivity contribution < 1.29 is 19.1 Å². The van der Waals surface area contributed by atoms with Gasteiger partial charge in [0.05, 0.1) is 24.0 Å². The van der Waals surface area contributed by atoms with Crippen LogP contribution in [0.15, 0.2) is 65.9 Å². The Morgan fingerprint density at radius 1 is 0.700 bits per heavy atom. The number of hydrogen-bond donors (Lipinski definition) is 3. The number of benzene rings is 2. The van der Waals surface area contributed by atoms with E-state index in [1.54, 1.807) is 6.20 Å². The van der Waals surface area contributed by atoms with Gasteiger partial charge in [0.2, 0.25) is 0 Å². The predicted molar refractivity (Wildman–Crippen MR) is 201 cm³/mol. The van der Waals surface area contributed by atoms with Crippen LogP contribution in [0.3, 0.4) is 0 Å². The fourth-order valence-electron chi connectivity index (χ4n) is 5.42. The number of aromatic nitrogens is 2. The number of amides is 2. The highest BCUT2D eigenvalue weighted by Crippen LogP contribution is 2.33.